The number of alkyl carbamates (subject to hydrolysis) is 1. The van der Waals surface area contributed by atoms with Gasteiger partial charge in [-0.25, -0.2) is 4.79 Å². The SMILES string of the molecule is CCC(CCCNC(=O)CNC(=O)OC(C)(C)C)C(N)=O. The first-order valence-corrected chi connectivity index (χ1v) is 7.18. The van der Waals surface area contributed by atoms with E-state index in [9.17, 15) is 14.4 Å². The van der Waals surface area contributed by atoms with Crippen LogP contribution in [0.5, 0.6) is 0 Å². The van der Waals surface area contributed by atoms with Crippen molar-refractivity contribution >= 4 is 17.9 Å². The molecule has 0 aliphatic carbocycles. The monoisotopic (exact) mass is 301 g/mol. The number of nitrogens with one attached hydrogen (secondary N) is 2. The zero-order chi connectivity index (χ0) is 16.5. The molecule has 0 bridgehead atoms. The molecule has 1 atom stereocenters. The van der Waals surface area contributed by atoms with Crippen LogP contribution in [0, 0.1) is 5.92 Å². The number of ether oxygens (including phenoxy) is 1. The van der Waals surface area contributed by atoms with Crippen LogP contribution in [0.1, 0.15) is 47.0 Å². The third-order valence-corrected chi connectivity index (χ3v) is 2.74. The highest BCUT2D eigenvalue weighted by atomic mass is 16.6. The Labute approximate surface area is 126 Å². The maximum atomic E-state index is 11.5. The minimum absolute atomic E-state index is 0.137. The van der Waals surface area contributed by atoms with E-state index in [1.54, 1.807) is 20.8 Å². The number of amides is 3. The van der Waals surface area contributed by atoms with Crippen molar-refractivity contribution in [2.24, 2.45) is 11.7 Å². The van der Waals surface area contributed by atoms with Crippen molar-refractivity contribution in [3.8, 4) is 0 Å². The normalized spacial score (nSPS) is 12.4. The second-order valence-corrected chi connectivity index (χ2v) is 5.86. The number of nitrogens with two attached hydrogens (primary N) is 1. The molecule has 0 fully saturated rings. The van der Waals surface area contributed by atoms with Crippen molar-refractivity contribution in [2.45, 2.75) is 52.6 Å². The maximum Gasteiger partial charge on any atom is 0.408 e. The summed E-state index contributed by atoms with van der Waals surface area (Å²) < 4.78 is 5.00. The molecule has 0 radical (unpaired) electrons. The smallest absolute Gasteiger partial charge is 0.408 e. The third-order valence-electron chi connectivity index (χ3n) is 2.74. The number of rotatable bonds is 8. The molecule has 0 rings (SSSR count). The van der Waals surface area contributed by atoms with E-state index in [1.807, 2.05) is 6.92 Å². The molecule has 21 heavy (non-hydrogen) atoms. The van der Waals surface area contributed by atoms with Crippen LogP contribution in [0.2, 0.25) is 0 Å². The van der Waals surface area contributed by atoms with Gasteiger partial charge in [0, 0.05) is 12.5 Å². The molecule has 7 heteroatoms. The molecule has 4 N–H and O–H groups in total. The Kier molecular flexibility index (Phi) is 8.42. The molecule has 0 aromatic heterocycles. The fraction of sp³-hybridized carbons (Fsp3) is 0.786. The van der Waals surface area contributed by atoms with Gasteiger partial charge in [0.25, 0.3) is 0 Å². The van der Waals surface area contributed by atoms with Crippen LogP contribution < -0.4 is 16.4 Å². The number of primary amides is 1. The molecule has 0 spiro atoms. The molecule has 0 saturated carbocycles. The van der Waals surface area contributed by atoms with E-state index in [-0.39, 0.29) is 24.3 Å². The van der Waals surface area contributed by atoms with E-state index in [2.05, 4.69) is 10.6 Å². The second-order valence-electron chi connectivity index (χ2n) is 5.86. The standard InChI is InChI=1S/C14H27N3O4/c1-5-10(12(15)19)7-6-8-16-11(18)9-17-13(20)21-14(2,3)4/h10H,5-9H2,1-4H3,(H2,15,19)(H,16,18)(H,17,20). The van der Waals surface area contributed by atoms with Crippen molar-refractivity contribution in [3.63, 3.8) is 0 Å². The molecule has 122 valence electrons. The minimum atomic E-state index is -0.627. The van der Waals surface area contributed by atoms with Crippen molar-refractivity contribution < 1.29 is 19.1 Å². The van der Waals surface area contributed by atoms with Crippen LogP contribution in [0.4, 0.5) is 4.79 Å². The molecule has 7 nitrogen and oxygen atoms in total. The predicted octanol–water partition coefficient (Wildman–Crippen LogP) is 0.919. The highest BCUT2D eigenvalue weighted by Gasteiger charge is 2.16. The van der Waals surface area contributed by atoms with Crippen molar-refractivity contribution in [1.29, 1.82) is 0 Å². The van der Waals surface area contributed by atoms with Gasteiger partial charge in [-0.05, 0) is 40.0 Å². The van der Waals surface area contributed by atoms with Crippen molar-refractivity contribution in [2.75, 3.05) is 13.1 Å². The number of hydrogen-bond donors (Lipinski definition) is 3. The van der Waals surface area contributed by atoms with E-state index < -0.39 is 11.7 Å². The molecular weight excluding hydrogens is 274 g/mol. The Morgan fingerprint density at radius 1 is 1.19 bits per heavy atom. The van der Waals surface area contributed by atoms with Crippen LogP contribution in [-0.2, 0) is 14.3 Å². The lowest BCUT2D eigenvalue weighted by molar-refractivity contribution is -0.122. The zero-order valence-corrected chi connectivity index (χ0v) is 13.3. The largest absolute Gasteiger partial charge is 0.444 e. The van der Waals surface area contributed by atoms with Crippen LogP contribution in [0.3, 0.4) is 0 Å². The van der Waals surface area contributed by atoms with Gasteiger partial charge in [0.15, 0.2) is 0 Å². The summed E-state index contributed by atoms with van der Waals surface area (Å²) in [6.45, 7) is 7.44. The lowest BCUT2D eigenvalue weighted by atomic mass is 10.00. The quantitative estimate of drug-likeness (QED) is 0.579. The van der Waals surface area contributed by atoms with E-state index >= 15 is 0 Å². The number of carbonyl (C=O) groups is 3. The first-order chi connectivity index (χ1) is 9.65. The number of carbonyl (C=O) groups excluding carboxylic acids is 3. The van der Waals surface area contributed by atoms with Crippen molar-refractivity contribution in [3.05, 3.63) is 0 Å². The van der Waals surface area contributed by atoms with Crippen LogP contribution in [-0.4, -0.2) is 36.6 Å². The first kappa shape index (κ1) is 19.2. The van der Waals surface area contributed by atoms with Gasteiger partial charge in [-0.1, -0.05) is 6.92 Å². The molecule has 0 aromatic carbocycles. The average molecular weight is 301 g/mol. The maximum absolute atomic E-state index is 11.5. The lowest BCUT2D eigenvalue weighted by Crippen LogP contribution is -2.40. The molecule has 1 unspecified atom stereocenters. The predicted molar refractivity (Wildman–Crippen MR) is 79.5 cm³/mol. The average Bonchev–Trinajstić information content (AvgIpc) is 2.33. The Hall–Kier alpha value is -1.79. The highest BCUT2D eigenvalue weighted by molar-refractivity contribution is 5.82. The second kappa shape index (κ2) is 9.20. The number of hydrogen-bond acceptors (Lipinski definition) is 4. The van der Waals surface area contributed by atoms with Gasteiger partial charge in [-0.3, -0.25) is 9.59 Å². The summed E-state index contributed by atoms with van der Waals surface area (Å²) in [7, 11) is 0. The Morgan fingerprint density at radius 3 is 2.29 bits per heavy atom. The zero-order valence-electron chi connectivity index (χ0n) is 13.3. The summed E-state index contributed by atoms with van der Waals surface area (Å²) >= 11 is 0. The minimum Gasteiger partial charge on any atom is -0.444 e. The topological polar surface area (TPSA) is 111 Å². The van der Waals surface area contributed by atoms with Gasteiger partial charge in [-0.2, -0.15) is 0 Å². The Balaban J connectivity index is 3.77. The molecule has 0 aromatic rings. The van der Waals surface area contributed by atoms with Gasteiger partial charge < -0.3 is 21.1 Å². The summed E-state index contributed by atoms with van der Waals surface area (Å²) in [6, 6.07) is 0. The van der Waals surface area contributed by atoms with E-state index in [0.29, 0.717) is 25.8 Å². The van der Waals surface area contributed by atoms with Crippen LogP contribution in [0.15, 0.2) is 0 Å². The van der Waals surface area contributed by atoms with Crippen molar-refractivity contribution in [1.82, 2.24) is 10.6 Å². The molecule has 3 amide bonds. The molecule has 0 aliphatic rings. The van der Waals surface area contributed by atoms with Gasteiger partial charge in [0.05, 0.1) is 6.54 Å². The van der Waals surface area contributed by atoms with Crippen LogP contribution >= 0.6 is 0 Å². The van der Waals surface area contributed by atoms with E-state index in [4.69, 9.17) is 10.5 Å². The fourth-order valence-electron chi connectivity index (χ4n) is 1.65. The summed E-state index contributed by atoms with van der Waals surface area (Å²) in [5, 5.41) is 5.03. The summed E-state index contributed by atoms with van der Waals surface area (Å²) in [4.78, 5) is 33.8. The molecular formula is C14H27N3O4. The summed E-state index contributed by atoms with van der Waals surface area (Å²) in [5.41, 5.74) is 4.64. The molecule has 0 aliphatic heterocycles. The summed E-state index contributed by atoms with van der Waals surface area (Å²) in [5.74, 6) is -0.759. The van der Waals surface area contributed by atoms with Gasteiger partial charge in [0.1, 0.15) is 5.60 Å². The van der Waals surface area contributed by atoms with Gasteiger partial charge in [-0.15, -0.1) is 0 Å². The van der Waals surface area contributed by atoms with E-state index in [0.717, 1.165) is 0 Å². The fourth-order valence-corrected chi connectivity index (χ4v) is 1.65. The Morgan fingerprint density at radius 2 is 1.81 bits per heavy atom. The van der Waals surface area contributed by atoms with Gasteiger partial charge in [0.2, 0.25) is 11.8 Å². The van der Waals surface area contributed by atoms with Crippen LogP contribution in [0.25, 0.3) is 0 Å². The first-order valence-electron chi connectivity index (χ1n) is 7.18. The highest BCUT2D eigenvalue weighted by Crippen LogP contribution is 2.09. The van der Waals surface area contributed by atoms with E-state index in [1.165, 1.54) is 0 Å². The van der Waals surface area contributed by atoms with Gasteiger partial charge >= 0.3 is 6.09 Å². The summed E-state index contributed by atoms with van der Waals surface area (Å²) in [6.07, 6.45) is 1.38. The lowest BCUT2D eigenvalue weighted by Gasteiger charge is -2.19. The molecule has 0 saturated heterocycles. The Bertz CT molecular complexity index is 364. The molecule has 0 heterocycles. The third kappa shape index (κ3) is 10.6.